The highest BCUT2D eigenvalue weighted by Crippen LogP contribution is 2.29. The zero-order valence-electron chi connectivity index (χ0n) is 16.3. The smallest absolute Gasteiger partial charge is 0.247 e. The fraction of sp³-hybridized carbons (Fsp3) is 0.167. The molecule has 0 bridgehead atoms. The normalized spacial score (nSPS) is 12.1. The van der Waals surface area contributed by atoms with Crippen LogP contribution in [0.3, 0.4) is 0 Å². The van der Waals surface area contributed by atoms with Crippen molar-refractivity contribution in [3.8, 4) is 11.5 Å². The van der Waals surface area contributed by atoms with Gasteiger partial charge in [-0.05, 0) is 53.4 Å². The Morgan fingerprint density at radius 3 is 2.10 bits per heavy atom. The maximum atomic E-state index is 13.5. The molecule has 4 aromatic rings. The number of hydrogen-bond acceptors (Lipinski definition) is 4. The van der Waals surface area contributed by atoms with E-state index in [9.17, 15) is 4.39 Å². The summed E-state index contributed by atoms with van der Waals surface area (Å²) < 4.78 is 19.4. The molecule has 0 unspecified atom stereocenters. The summed E-state index contributed by atoms with van der Waals surface area (Å²) in [6.07, 6.45) is 0. The minimum absolute atomic E-state index is 0.288. The van der Waals surface area contributed by atoms with Crippen molar-refractivity contribution in [3.63, 3.8) is 0 Å². The molecule has 0 saturated carbocycles. The van der Waals surface area contributed by atoms with E-state index < -0.39 is 6.04 Å². The zero-order chi connectivity index (χ0) is 20.2. The van der Waals surface area contributed by atoms with Gasteiger partial charge in [0.15, 0.2) is 0 Å². The van der Waals surface area contributed by atoms with Crippen LogP contribution in [0.25, 0.3) is 11.5 Å². The van der Waals surface area contributed by atoms with Crippen LogP contribution in [0.4, 0.5) is 10.1 Å². The SMILES string of the molecule is CC(C)c1ccc(N[C@H](c2ccc(F)cc2)c2nnc(-c3ccccc3)o2)cc1. The third-order valence-electron chi connectivity index (χ3n) is 4.80. The molecule has 29 heavy (non-hydrogen) atoms. The molecule has 0 amide bonds. The molecule has 146 valence electrons. The monoisotopic (exact) mass is 387 g/mol. The molecule has 1 aromatic heterocycles. The van der Waals surface area contributed by atoms with E-state index in [0.29, 0.717) is 17.7 Å². The molecular formula is C24H22FN3O. The van der Waals surface area contributed by atoms with Crippen LogP contribution >= 0.6 is 0 Å². The lowest BCUT2D eigenvalue weighted by molar-refractivity contribution is 0.494. The number of nitrogens with one attached hydrogen (secondary N) is 1. The van der Waals surface area contributed by atoms with E-state index in [1.54, 1.807) is 12.1 Å². The Kier molecular flexibility index (Phi) is 5.38. The van der Waals surface area contributed by atoms with E-state index in [1.807, 2.05) is 42.5 Å². The molecule has 0 aliphatic heterocycles. The number of benzene rings is 3. The highest BCUT2D eigenvalue weighted by molar-refractivity contribution is 5.53. The van der Waals surface area contributed by atoms with Crippen LogP contribution in [-0.4, -0.2) is 10.2 Å². The van der Waals surface area contributed by atoms with Crippen molar-refractivity contribution >= 4 is 5.69 Å². The Hall–Kier alpha value is -3.47. The first kappa shape index (κ1) is 18.9. The van der Waals surface area contributed by atoms with Gasteiger partial charge < -0.3 is 9.73 Å². The minimum atomic E-state index is -0.398. The first-order valence-electron chi connectivity index (χ1n) is 9.61. The van der Waals surface area contributed by atoms with Crippen LogP contribution in [0.15, 0.2) is 83.3 Å². The van der Waals surface area contributed by atoms with Crippen molar-refractivity contribution in [2.45, 2.75) is 25.8 Å². The molecule has 1 N–H and O–H groups in total. The topological polar surface area (TPSA) is 51.0 Å². The quantitative estimate of drug-likeness (QED) is 0.428. The van der Waals surface area contributed by atoms with Crippen molar-refractivity contribution < 1.29 is 8.81 Å². The van der Waals surface area contributed by atoms with Gasteiger partial charge in [-0.1, -0.05) is 56.3 Å². The van der Waals surface area contributed by atoms with Crippen LogP contribution in [0, 0.1) is 5.82 Å². The third kappa shape index (κ3) is 4.35. The summed E-state index contributed by atoms with van der Waals surface area (Å²) in [7, 11) is 0. The fourth-order valence-corrected chi connectivity index (χ4v) is 3.12. The molecule has 4 rings (SSSR count). The fourth-order valence-electron chi connectivity index (χ4n) is 3.12. The molecular weight excluding hydrogens is 365 g/mol. The molecule has 0 aliphatic rings. The first-order chi connectivity index (χ1) is 14.1. The number of rotatable bonds is 6. The first-order valence-corrected chi connectivity index (χ1v) is 9.61. The zero-order valence-corrected chi connectivity index (χ0v) is 16.3. The Labute approximate surface area is 169 Å². The van der Waals surface area contributed by atoms with Crippen molar-refractivity contribution in [3.05, 3.63) is 102 Å². The van der Waals surface area contributed by atoms with Gasteiger partial charge in [-0.2, -0.15) is 0 Å². The molecule has 0 radical (unpaired) electrons. The van der Waals surface area contributed by atoms with Gasteiger partial charge in [-0.3, -0.25) is 0 Å². The summed E-state index contributed by atoms with van der Waals surface area (Å²) in [4.78, 5) is 0. The van der Waals surface area contributed by atoms with Crippen LogP contribution in [0.5, 0.6) is 0 Å². The van der Waals surface area contributed by atoms with E-state index in [0.717, 1.165) is 16.8 Å². The van der Waals surface area contributed by atoms with Gasteiger partial charge in [0, 0.05) is 11.3 Å². The van der Waals surface area contributed by atoms with Crippen LogP contribution in [0.1, 0.15) is 42.8 Å². The molecule has 1 atom stereocenters. The van der Waals surface area contributed by atoms with E-state index in [-0.39, 0.29) is 5.82 Å². The minimum Gasteiger partial charge on any atom is -0.418 e. The highest BCUT2D eigenvalue weighted by atomic mass is 19.1. The summed E-state index contributed by atoms with van der Waals surface area (Å²) in [5.74, 6) is 1.04. The van der Waals surface area contributed by atoms with Gasteiger partial charge in [0.2, 0.25) is 11.8 Å². The summed E-state index contributed by atoms with van der Waals surface area (Å²) in [6.45, 7) is 4.32. The Morgan fingerprint density at radius 1 is 0.793 bits per heavy atom. The lowest BCUT2D eigenvalue weighted by Gasteiger charge is -2.18. The van der Waals surface area contributed by atoms with Crippen LogP contribution in [0.2, 0.25) is 0 Å². The van der Waals surface area contributed by atoms with E-state index in [2.05, 4.69) is 41.5 Å². The molecule has 4 nitrogen and oxygen atoms in total. The highest BCUT2D eigenvalue weighted by Gasteiger charge is 2.21. The second-order valence-electron chi connectivity index (χ2n) is 7.22. The van der Waals surface area contributed by atoms with Gasteiger partial charge >= 0.3 is 0 Å². The molecule has 0 aliphatic carbocycles. The molecule has 0 saturated heterocycles. The van der Waals surface area contributed by atoms with Crippen molar-refractivity contribution in [1.82, 2.24) is 10.2 Å². The average Bonchev–Trinajstić information content (AvgIpc) is 3.24. The molecule has 3 aromatic carbocycles. The predicted molar refractivity (Wildman–Crippen MR) is 112 cm³/mol. The molecule has 0 fully saturated rings. The largest absolute Gasteiger partial charge is 0.418 e. The lowest BCUT2D eigenvalue weighted by Crippen LogP contribution is -2.13. The van der Waals surface area contributed by atoms with E-state index in [1.165, 1.54) is 17.7 Å². The predicted octanol–water partition coefficient (Wildman–Crippen LogP) is 6.20. The van der Waals surface area contributed by atoms with Gasteiger partial charge in [-0.15, -0.1) is 10.2 Å². The van der Waals surface area contributed by atoms with Gasteiger partial charge in [0.05, 0.1) is 0 Å². The molecule has 1 heterocycles. The summed E-state index contributed by atoms with van der Waals surface area (Å²) in [5.41, 5.74) is 3.87. The number of halogens is 1. The van der Waals surface area contributed by atoms with E-state index in [4.69, 9.17) is 4.42 Å². The number of hydrogen-bond donors (Lipinski definition) is 1. The Morgan fingerprint density at radius 2 is 1.45 bits per heavy atom. The number of anilines is 1. The molecule has 5 heteroatoms. The standard InChI is InChI=1S/C24H22FN3O/c1-16(2)17-10-14-21(15-11-17)26-22(18-8-12-20(25)13-9-18)24-28-27-23(29-24)19-6-4-3-5-7-19/h3-16,22,26H,1-2H3/t22-/m1/s1. The van der Waals surface area contributed by atoms with Crippen molar-refractivity contribution in [1.29, 1.82) is 0 Å². The average molecular weight is 387 g/mol. The Bertz CT molecular complexity index is 1060. The van der Waals surface area contributed by atoms with Gasteiger partial charge in [0.25, 0.3) is 0 Å². The number of aromatic nitrogens is 2. The van der Waals surface area contributed by atoms with Crippen LogP contribution in [-0.2, 0) is 0 Å². The van der Waals surface area contributed by atoms with Gasteiger partial charge in [0.1, 0.15) is 11.9 Å². The summed E-state index contributed by atoms with van der Waals surface area (Å²) >= 11 is 0. The summed E-state index contributed by atoms with van der Waals surface area (Å²) in [5, 5.41) is 11.9. The summed E-state index contributed by atoms with van der Waals surface area (Å²) in [6, 6.07) is 23.8. The number of nitrogens with zero attached hydrogens (tertiary/aromatic N) is 2. The van der Waals surface area contributed by atoms with Gasteiger partial charge in [-0.25, -0.2) is 4.39 Å². The van der Waals surface area contributed by atoms with Crippen molar-refractivity contribution in [2.24, 2.45) is 0 Å². The molecule has 0 spiro atoms. The maximum absolute atomic E-state index is 13.5. The van der Waals surface area contributed by atoms with Crippen molar-refractivity contribution in [2.75, 3.05) is 5.32 Å². The Balaban J connectivity index is 1.67. The van der Waals surface area contributed by atoms with E-state index >= 15 is 0 Å². The second-order valence-corrected chi connectivity index (χ2v) is 7.22. The second kappa shape index (κ2) is 8.27. The third-order valence-corrected chi connectivity index (χ3v) is 4.80. The lowest BCUT2D eigenvalue weighted by atomic mass is 10.0. The maximum Gasteiger partial charge on any atom is 0.247 e. The van der Waals surface area contributed by atoms with Crippen LogP contribution < -0.4 is 5.32 Å².